The summed E-state index contributed by atoms with van der Waals surface area (Å²) in [6, 6.07) is 0. The third-order valence-electron chi connectivity index (χ3n) is 3.56. The number of nitrogens with one attached hydrogen (secondary N) is 1. The van der Waals surface area contributed by atoms with E-state index in [0.29, 0.717) is 11.8 Å². The maximum Gasteiger partial charge on any atom is 0.148 e. The van der Waals surface area contributed by atoms with Gasteiger partial charge in [0.05, 0.1) is 11.9 Å². The topological polar surface area (TPSA) is 81.5 Å². The molecule has 0 aromatic carbocycles. The van der Waals surface area contributed by atoms with Crippen LogP contribution in [0.25, 0.3) is 0 Å². The van der Waals surface area contributed by atoms with Crippen molar-refractivity contribution in [2.24, 2.45) is 0 Å². The molecule has 0 fully saturated rings. The molecule has 8 heteroatoms. The van der Waals surface area contributed by atoms with Crippen molar-refractivity contribution in [3.05, 3.63) is 22.7 Å². The van der Waals surface area contributed by atoms with Gasteiger partial charge in [-0.05, 0) is 18.1 Å². The molecule has 22 heavy (non-hydrogen) atoms. The normalized spacial score (nSPS) is 12.6. The average molecular weight is 327 g/mol. The molecule has 0 unspecified atom stereocenters. The van der Waals surface area contributed by atoms with E-state index in [9.17, 15) is 0 Å². The second-order valence-corrected chi connectivity index (χ2v) is 7.43. The Morgan fingerprint density at radius 1 is 1.23 bits per heavy atom. The quantitative estimate of drug-likeness (QED) is 0.825. The zero-order chi connectivity index (χ0) is 16.4. The van der Waals surface area contributed by atoms with Crippen LogP contribution in [0.2, 0.25) is 5.15 Å². The van der Waals surface area contributed by atoms with Crippen molar-refractivity contribution in [2.45, 2.75) is 58.3 Å². The minimum absolute atomic E-state index is 0.0344. The molecule has 1 N–H and O–H groups in total. The van der Waals surface area contributed by atoms with Crippen LogP contribution in [0.15, 0.2) is 6.20 Å². The molecule has 0 radical (unpaired) electrons. The van der Waals surface area contributed by atoms with Gasteiger partial charge < -0.3 is 4.84 Å². The van der Waals surface area contributed by atoms with E-state index in [-0.39, 0.29) is 10.8 Å². The second-order valence-electron chi connectivity index (χ2n) is 7.05. The van der Waals surface area contributed by atoms with Crippen LogP contribution in [0.1, 0.15) is 58.8 Å². The van der Waals surface area contributed by atoms with Crippen molar-refractivity contribution < 1.29 is 4.84 Å². The molecule has 0 spiro atoms. The van der Waals surface area contributed by atoms with E-state index < -0.39 is 0 Å². The van der Waals surface area contributed by atoms with Crippen LogP contribution < -0.4 is 4.84 Å². The Kier molecular flexibility index (Phi) is 4.75. The predicted molar refractivity (Wildman–Crippen MR) is 83.8 cm³/mol. The molecule has 122 valence electrons. The molecule has 0 aliphatic heterocycles. The van der Waals surface area contributed by atoms with Gasteiger partial charge >= 0.3 is 0 Å². The van der Waals surface area contributed by atoms with E-state index in [1.807, 2.05) is 6.20 Å². The molecule has 0 saturated carbocycles. The number of nitrogens with zero attached hydrogens (tertiary/aromatic N) is 5. The minimum Gasteiger partial charge on any atom is -0.395 e. The van der Waals surface area contributed by atoms with Crippen LogP contribution in [0.5, 0.6) is 0 Å². The summed E-state index contributed by atoms with van der Waals surface area (Å²) in [5.74, 6) is 0. The lowest BCUT2D eigenvalue weighted by molar-refractivity contribution is 0.0728. The molecule has 0 amide bonds. The Labute approximate surface area is 135 Å². The molecule has 0 aliphatic rings. The number of H-pyrrole nitrogens is 1. The SMILES string of the molecule is CC(C)(C)c1cn(OCCCC(C)(C)c2nn[nH]c2Cl)nn1. The van der Waals surface area contributed by atoms with Gasteiger partial charge in [0, 0.05) is 10.8 Å². The van der Waals surface area contributed by atoms with Crippen LogP contribution in [0.3, 0.4) is 0 Å². The maximum absolute atomic E-state index is 6.04. The number of rotatable bonds is 6. The fraction of sp³-hybridized carbons (Fsp3) is 0.714. The van der Waals surface area contributed by atoms with Gasteiger partial charge in [-0.15, -0.1) is 10.2 Å². The highest BCUT2D eigenvalue weighted by atomic mass is 35.5. The van der Waals surface area contributed by atoms with Gasteiger partial charge in [-0.25, -0.2) is 5.10 Å². The minimum atomic E-state index is -0.160. The maximum atomic E-state index is 6.04. The molecule has 2 aromatic rings. The van der Waals surface area contributed by atoms with Crippen molar-refractivity contribution in [1.82, 2.24) is 30.6 Å². The number of halogens is 1. The molecular weight excluding hydrogens is 304 g/mol. The third kappa shape index (κ3) is 3.97. The molecule has 2 aromatic heterocycles. The van der Waals surface area contributed by atoms with Crippen molar-refractivity contribution >= 4 is 11.6 Å². The van der Waals surface area contributed by atoms with Crippen LogP contribution in [0, 0.1) is 0 Å². The Morgan fingerprint density at radius 2 is 1.95 bits per heavy atom. The summed E-state index contributed by atoms with van der Waals surface area (Å²) in [5, 5.41) is 19.0. The summed E-state index contributed by atoms with van der Waals surface area (Å²) >= 11 is 6.04. The first-order valence-electron chi connectivity index (χ1n) is 7.33. The Morgan fingerprint density at radius 3 is 2.50 bits per heavy atom. The monoisotopic (exact) mass is 326 g/mol. The average Bonchev–Trinajstić information content (AvgIpc) is 3.03. The molecule has 0 atom stereocenters. The van der Waals surface area contributed by atoms with E-state index in [2.05, 4.69) is 60.3 Å². The van der Waals surface area contributed by atoms with Gasteiger partial charge in [0.2, 0.25) is 0 Å². The van der Waals surface area contributed by atoms with Crippen molar-refractivity contribution in [3.8, 4) is 0 Å². The summed E-state index contributed by atoms with van der Waals surface area (Å²) in [7, 11) is 0. The summed E-state index contributed by atoms with van der Waals surface area (Å²) in [5.41, 5.74) is 1.49. The van der Waals surface area contributed by atoms with E-state index >= 15 is 0 Å². The zero-order valence-corrected chi connectivity index (χ0v) is 14.5. The summed E-state index contributed by atoms with van der Waals surface area (Å²) < 4.78 is 0. The highest BCUT2D eigenvalue weighted by Crippen LogP contribution is 2.30. The highest BCUT2D eigenvalue weighted by molar-refractivity contribution is 6.30. The van der Waals surface area contributed by atoms with E-state index in [1.165, 1.54) is 4.85 Å². The number of aromatic nitrogens is 6. The van der Waals surface area contributed by atoms with Crippen LogP contribution >= 0.6 is 11.6 Å². The zero-order valence-electron chi connectivity index (χ0n) is 13.7. The summed E-state index contributed by atoms with van der Waals surface area (Å²) in [4.78, 5) is 7.02. The van der Waals surface area contributed by atoms with Gasteiger partial charge in [0.25, 0.3) is 0 Å². The summed E-state index contributed by atoms with van der Waals surface area (Å²) in [6.45, 7) is 11.0. The smallest absolute Gasteiger partial charge is 0.148 e. The molecule has 2 rings (SSSR count). The van der Waals surface area contributed by atoms with E-state index in [0.717, 1.165) is 24.2 Å². The fourth-order valence-corrected chi connectivity index (χ4v) is 2.43. The van der Waals surface area contributed by atoms with E-state index in [1.54, 1.807) is 0 Å². The lowest BCUT2D eigenvalue weighted by Crippen LogP contribution is -2.21. The predicted octanol–water partition coefficient (Wildman–Crippen LogP) is 2.53. The van der Waals surface area contributed by atoms with Crippen LogP contribution in [-0.2, 0) is 10.8 Å². The first-order valence-corrected chi connectivity index (χ1v) is 7.71. The molecule has 0 aliphatic carbocycles. The molecule has 7 nitrogen and oxygen atoms in total. The molecular formula is C14H23ClN6O. The van der Waals surface area contributed by atoms with Crippen LogP contribution in [-0.4, -0.2) is 37.2 Å². The van der Waals surface area contributed by atoms with Crippen LogP contribution in [0.4, 0.5) is 0 Å². The number of hydrogen-bond acceptors (Lipinski definition) is 5. The Balaban J connectivity index is 1.82. The second kappa shape index (κ2) is 6.24. The lowest BCUT2D eigenvalue weighted by Gasteiger charge is -2.21. The van der Waals surface area contributed by atoms with Gasteiger partial charge in [-0.1, -0.05) is 56.3 Å². The number of aromatic amines is 1. The molecule has 2 heterocycles. The van der Waals surface area contributed by atoms with Crippen molar-refractivity contribution in [2.75, 3.05) is 6.61 Å². The first kappa shape index (κ1) is 16.7. The fourth-order valence-electron chi connectivity index (χ4n) is 2.09. The van der Waals surface area contributed by atoms with Gasteiger partial charge in [-0.2, -0.15) is 0 Å². The Hall–Kier alpha value is -1.63. The van der Waals surface area contributed by atoms with Crippen molar-refractivity contribution in [1.29, 1.82) is 0 Å². The highest BCUT2D eigenvalue weighted by Gasteiger charge is 2.26. The number of hydrogen-bond donors (Lipinski definition) is 1. The Bertz CT molecular complexity index is 613. The first-order chi connectivity index (χ1) is 10.2. The summed E-state index contributed by atoms with van der Waals surface area (Å²) in [6.07, 6.45) is 3.54. The molecule has 0 bridgehead atoms. The van der Waals surface area contributed by atoms with Gasteiger partial charge in [-0.3, -0.25) is 0 Å². The third-order valence-corrected chi connectivity index (χ3v) is 3.82. The standard InChI is InChI=1S/C14H23ClN6O/c1-13(2,3)10-9-21(20-16-10)22-8-6-7-14(4,5)11-12(15)18-19-17-11/h9H,6-8H2,1-5H3,(H,17,18,19). The largest absolute Gasteiger partial charge is 0.395 e. The molecule has 0 saturated heterocycles. The van der Waals surface area contributed by atoms with E-state index in [4.69, 9.17) is 16.4 Å². The van der Waals surface area contributed by atoms with Gasteiger partial charge in [0.15, 0.2) is 0 Å². The lowest BCUT2D eigenvalue weighted by atomic mass is 9.85. The van der Waals surface area contributed by atoms with Gasteiger partial charge in [0.1, 0.15) is 17.5 Å². The van der Waals surface area contributed by atoms with Crippen molar-refractivity contribution in [3.63, 3.8) is 0 Å².